The third-order valence-corrected chi connectivity index (χ3v) is 4.28. The van der Waals surface area contributed by atoms with Crippen LogP contribution >= 0.6 is 0 Å². The SMILES string of the molecule is CC(C)NCCCC(C)N1CCCCc2ccccc21. The van der Waals surface area contributed by atoms with Crippen molar-refractivity contribution in [2.75, 3.05) is 18.0 Å². The van der Waals surface area contributed by atoms with E-state index in [4.69, 9.17) is 0 Å². The van der Waals surface area contributed by atoms with Gasteiger partial charge in [0.25, 0.3) is 0 Å². The van der Waals surface area contributed by atoms with Crippen LogP contribution in [-0.2, 0) is 6.42 Å². The molecule has 1 aromatic carbocycles. The minimum Gasteiger partial charge on any atom is -0.369 e. The summed E-state index contributed by atoms with van der Waals surface area (Å²) in [6, 6.07) is 10.2. The maximum absolute atomic E-state index is 3.52. The molecule has 1 atom stereocenters. The molecule has 112 valence electrons. The molecule has 2 rings (SSSR count). The smallest absolute Gasteiger partial charge is 0.0401 e. The first-order valence-electron chi connectivity index (χ1n) is 8.26. The fraction of sp³-hybridized carbons (Fsp3) is 0.667. The van der Waals surface area contributed by atoms with Crippen LogP contribution in [0.3, 0.4) is 0 Å². The molecule has 0 spiro atoms. The molecular formula is C18H30N2. The summed E-state index contributed by atoms with van der Waals surface area (Å²) in [6.45, 7) is 9.17. The van der Waals surface area contributed by atoms with Crippen molar-refractivity contribution in [1.29, 1.82) is 0 Å². The third kappa shape index (κ3) is 4.24. The van der Waals surface area contributed by atoms with Crippen LogP contribution in [0.1, 0.15) is 52.0 Å². The lowest BCUT2D eigenvalue weighted by atomic mass is 10.1. The topological polar surface area (TPSA) is 15.3 Å². The van der Waals surface area contributed by atoms with Crippen LogP contribution in [0.25, 0.3) is 0 Å². The van der Waals surface area contributed by atoms with E-state index in [1.165, 1.54) is 49.9 Å². The zero-order valence-electron chi connectivity index (χ0n) is 13.4. The van der Waals surface area contributed by atoms with Crippen LogP contribution in [0.5, 0.6) is 0 Å². The molecule has 20 heavy (non-hydrogen) atoms. The summed E-state index contributed by atoms with van der Waals surface area (Å²) in [4.78, 5) is 2.64. The first kappa shape index (κ1) is 15.4. The number of rotatable bonds is 6. The van der Waals surface area contributed by atoms with Crippen molar-refractivity contribution in [3.63, 3.8) is 0 Å². The Balaban J connectivity index is 1.93. The summed E-state index contributed by atoms with van der Waals surface area (Å²) < 4.78 is 0. The van der Waals surface area contributed by atoms with Gasteiger partial charge >= 0.3 is 0 Å². The van der Waals surface area contributed by atoms with E-state index in [2.05, 4.69) is 55.3 Å². The number of benzene rings is 1. The fourth-order valence-electron chi connectivity index (χ4n) is 3.12. The second-order valence-electron chi connectivity index (χ2n) is 6.38. The standard InChI is InChI=1S/C18H30N2/c1-15(2)19-13-8-9-16(3)20-14-7-6-11-17-10-4-5-12-18(17)20/h4-5,10,12,15-16,19H,6-9,11,13-14H2,1-3H3. The molecule has 0 saturated heterocycles. The van der Waals surface area contributed by atoms with Crippen LogP contribution < -0.4 is 10.2 Å². The summed E-state index contributed by atoms with van der Waals surface area (Å²) in [5.41, 5.74) is 3.02. The number of hydrogen-bond donors (Lipinski definition) is 1. The van der Waals surface area contributed by atoms with Gasteiger partial charge in [-0.25, -0.2) is 0 Å². The lowest BCUT2D eigenvalue weighted by molar-refractivity contribution is 0.511. The van der Waals surface area contributed by atoms with Gasteiger partial charge < -0.3 is 10.2 Å². The Morgan fingerprint density at radius 1 is 1.15 bits per heavy atom. The van der Waals surface area contributed by atoms with Gasteiger partial charge in [-0.05, 0) is 57.2 Å². The minimum atomic E-state index is 0.601. The molecule has 0 aliphatic carbocycles. The molecule has 0 aromatic heterocycles. The Labute approximate surface area is 124 Å². The van der Waals surface area contributed by atoms with E-state index < -0.39 is 0 Å². The Kier molecular flexibility index (Phi) is 5.90. The van der Waals surface area contributed by atoms with Gasteiger partial charge in [0.05, 0.1) is 0 Å². The van der Waals surface area contributed by atoms with E-state index in [1.807, 2.05) is 0 Å². The Morgan fingerprint density at radius 2 is 1.95 bits per heavy atom. The molecule has 1 heterocycles. The summed E-state index contributed by atoms with van der Waals surface area (Å²) in [5, 5.41) is 3.52. The Bertz CT molecular complexity index is 400. The van der Waals surface area contributed by atoms with Gasteiger partial charge in [-0.2, -0.15) is 0 Å². The second kappa shape index (κ2) is 7.68. The lowest BCUT2D eigenvalue weighted by Crippen LogP contribution is -2.34. The van der Waals surface area contributed by atoms with Crippen molar-refractivity contribution < 1.29 is 0 Å². The molecule has 1 aromatic rings. The van der Waals surface area contributed by atoms with Crippen molar-refractivity contribution >= 4 is 5.69 Å². The molecule has 1 aliphatic heterocycles. The highest BCUT2D eigenvalue weighted by Crippen LogP contribution is 2.28. The summed E-state index contributed by atoms with van der Waals surface area (Å²) in [5.74, 6) is 0. The predicted molar refractivity (Wildman–Crippen MR) is 88.6 cm³/mol. The van der Waals surface area contributed by atoms with Crippen LogP contribution in [0.4, 0.5) is 5.69 Å². The average Bonchev–Trinajstić information content (AvgIpc) is 2.65. The number of anilines is 1. The normalized spacial score (nSPS) is 16.9. The number of hydrogen-bond acceptors (Lipinski definition) is 2. The van der Waals surface area contributed by atoms with Crippen LogP contribution in [0.15, 0.2) is 24.3 Å². The van der Waals surface area contributed by atoms with Gasteiger partial charge in [0.1, 0.15) is 0 Å². The second-order valence-corrected chi connectivity index (χ2v) is 6.38. The van der Waals surface area contributed by atoms with Crippen molar-refractivity contribution in [3.05, 3.63) is 29.8 Å². The van der Waals surface area contributed by atoms with E-state index in [-0.39, 0.29) is 0 Å². The molecule has 2 nitrogen and oxygen atoms in total. The van der Waals surface area contributed by atoms with Crippen LogP contribution in [-0.4, -0.2) is 25.2 Å². The first-order valence-corrected chi connectivity index (χ1v) is 8.26. The number of fused-ring (bicyclic) bond motifs is 1. The molecular weight excluding hydrogens is 244 g/mol. The van der Waals surface area contributed by atoms with Gasteiger partial charge in [-0.1, -0.05) is 32.0 Å². The van der Waals surface area contributed by atoms with E-state index in [0.29, 0.717) is 12.1 Å². The van der Waals surface area contributed by atoms with Gasteiger partial charge in [-0.15, -0.1) is 0 Å². The van der Waals surface area contributed by atoms with Gasteiger partial charge in [0, 0.05) is 24.3 Å². The summed E-state index contributed by atoms with van der Waals surface area (Å²) in [6.07, 6.45) is 6.43. The summed E-state index contributed by atoms with van der Waals surface area (Å²) >= 11 is 0. The number of nitrogens with zero attached hydrogens (tertiary/aromatic N) is 1. The average molecular weight is 274 g/mol. The molecule has 0 radical (unpaired) electrons. The van der Waals surface area contributed by atoms with E-state index in [0.717, 1.165) is 6.54 Å². The van der Waals surface area contributed by atoms with Crippen LogP contribution in [0.2, 0.25) is 0 Å². The monoisotopic (exact) mass is 274 g/mol. The lowest BCUT2D eigenvalue weighted by Gasteiger charge is -2.31. The molecule has 0 bridgehead atoms. The van der Waals surface area contributed by atoms with Crippen molar-refractivity contribution in [2.45, 2.75) is 65.0 Å². The maximum atomic E-state index is 3.52. The highest BCUT2D eigenvalue weighted by molar-refractivity contribution is 5.55. The highest BCUT2D eigenvalue weighted by Gasteiger charge is 2.19. The number of nitrogens with one attached hydrogen (secondary N) is 1. The predicted octanol–water partition coefficient (Wildman–Crippen LogP) is 4.00. The van der Waals surface area contributed by atoms with Gasteiger partial charge in [0.15, 0.2) is 0 Å². The molecule has 1 unspecified atom stereocenters. The largest absolute Gasteiger partial charge is 0.369 e. The quantitative estimate of drug-likeness (QED) is 0.789. The Hall–Kier alpha value is -1.02. The van der Waals surface area contributed by atoms with Gasteiger partial charge in [-0.3, -0.25) is 0 Å². The third-order valence-electron chi connectivity index (χ3n) is 4.28. The first-order chi connectivity index (χ1) is 9.68. The van der Waals surface area contributed by atoms with Crippen molar-refractivity contribution in [1.82, 2.24) is 5.32 Å². The van der Waals surface area contributed by atoms with Crippen molar-refractivity contribution in [3.8, 4) is 0 Å². The molecule has 0 amide bonds. The number of aryl methyl sites for hydroxylation is 1. The molecule has 0 fully saturated rings. The fourth-order valence-corrected chi connectivity index (χ4v) is 3.12. The van der Waals surface area contributed by atoms with E-state index >= 15 is 0 Å². The Morgan fingerprint density at radius 3 is 2.75 bits per heavy atom. The zero-order chi connectivity index (χ0) is 14.4. The van der Waals surface area contributed by atoms with Crippen LogP contribution in [0, 0.1) is 0 Å². The minimum absolute atomic E-state index is 0.601. The number of para-hydroxylation sites is 1. The van der Waals surface area contributed by atoms with E-state index in [1.54, 1.807) is 0 Å². The molecule has 2 heteroatoms. The van der Waals surface area contributed by atoms with Gasteiger partial charge in [0.2, 0.25) is 0 Å². The summed E-state index contributed by atoms with van der Waals surface area (Å²) in [7, 11) is 0. The highest BCUT2D eigenvalue weighted by atomic mass is 15.2. The van der Waals surface area contributed by atoms with Crippen molar-refractivity contribution in [2.24, 2.45) is 0 Å². The maximum Gasteiger partial charge on any atom is 0.0401 e. The molecule has 1 aliphatic rings. The zero-order valence-corrected chi connectivity index (χ0v) is 13.4. The van der Waals surface area contributed by atoms with E-state index in [9.17, 15) is 0 Å². The molecule has 1 N–H and O–H groups in total. The molecule has 0 saturated carbocycles.